The molecule has 0 saturated carbocycles. The fourth-order valence-corrected chi connectivity index (χ4v) is 3.19. The van der Waals surface area contributed by atoms with E-state index in [1.807, 2.05) is 0 Å². The molecule has 0 unspecified atom stereocenters. The number of carbonyl (C=O) groups excluding carboxylic acids is 2. The van der Waals surface area contributed by atoms with Crippen LogP contribution in [-0.4, -0.2) is 70.0 Å². The maximum absolute atomic E-state index is 12.9. The van der Waals surface area contributed by atoms with Gasteiger partial charge in [-0.3, -0.25) is 14.3 Å². The molecule has 0 aliphatic carbocycles. The van der Waals surface area contributed by atoms with E-state index in [9.17, 15) is 9.59 Å². The number of hydrogen-bond acceptors (Lipinski definition) is 6. The third kappa shape index (κ3) is 3.57. The summed E-state index contributed by atoms with van der Waals surface area (Å²) < 4.78 is 6.70. The van der Waals surface area contributed by atoms with E-state index in [0.717, 1.165) is 0 Å². The van der Waals surface area contributed by atoms with Gasteiger partial charge in [-0.15, -0.1) is 0 Å². The average molecular weight is 358 g/mol. The smallest absolute Gasteiger partial charge is 0.255 e. The standard InChI is InChI=1S/C17H22N6O3/c1-26-12-8-18-16(25)17(23-9-2-6-21-23)4-10-22(11-5-17)15(24)14-3-7-19-20-13-14/h2-3,6-7,9,13H,4-5,8,10-12H2,1H3,(H,18,25). The quantitative estimate of drug-likeness (QED) is 0.733. The molecule has 138 valence electrons. The Balaban J connectivity index is 1.73. The minimum atomic E-state index is -0.801. The largest absolute Gasteiger partial charge is 0.383 e. The number of likely N-dealkylation sites (tertiary alicyclic amines) is 1. The van der Waals surface area contributed by atoms with Crippen LogP contribution in [0.2, 0.25) is 0 Å². The van der Waals surface area contributed by atoms with Crippen LogP contribution in [-0.2, 0) is 15.1 Å². The van der Waals surface area contributed by atoms with Crippen molar-refractivity contribution in [1.82, 2.24) is 30.2 Å². The Kier molecular flexibility index (Phi) is 5.57. The van der Waals surface area contributed by atoms with Crippen molar-refractivity contribution in [2.24, 2.45) is 0 Å². The molecule has 1 aliphatic rings. The summed E-state index contributed by atoms with van der Waals surface area (Å²) in [6.45, 7) is 1.79. The van der Waals surface area contributed by atoms with Crippen LogP contribution in [0.4, 0.5) is 0 Å². The van der Waals surface area contributed by atoms with Gasteiger partial charge in [-0.25, -0.2) is 0 Å². The van der Waals surface area contributed by atoms with Crippen LogP contribution < -0.4 is 5.32 Å². The Labute approximate surface area is 151 Å². The zero-order valence-corrected chi connectivity index (χ0v) is 14.7. The van der Waals surface area contributed by atoms with Crippen molar-refractivity contribution in [3.63, 3.8) is 0 Å². The molecule has 2 aromatic rings. The van der Waals surface area contributed by atoms with Gasteiger partial charge in [0.25, 0.3) is 5.91 Å². The third-order valence-electron chi connectivity index (χ3n) is 4.67. The number of nitrogens with one attached hydrogen (secondary N) is 1. The predicted molar refractivity (Wildman–Crippen MR) is 92.3 cm³/mol. The van der Waals surface area contributed by atoms with Gasteiger partial charge in [0, 0.05) is 39.1 Å². The van der Waals surface area contributed by atoms with E-state index in [2.05, 4.69) is 20.6 Å². The van der Waals surface area contributed by atoms with Gasteiger partial charge >= 0.3 is 0 Å². The topological polar surface area (TPSA) is 102 Å². The number of amides is 2. The summed E-state index contributed by atoms with van der Waals surface area (Å²) in [5, 5.41) is 14.6. The molecule has 0 bridgehead atoms. The lowest BCUT2D eigenvalue weighted by atomic mass is 9.86. The molecule has 3 heterocycles. The SMILES string of the molecule is COCCNC(=O)C1(n2cccn2)CCN(C(=O)c2ccnnc2)CC1. The van der Waals surface area contributed by atoms with E-state index in [1.54, 1.807) is 41.2 Å². The van der Waals surface area contributed by atoms with Crippen molar-refractivity contribution in [3.8, 4) is 0 Å². The van der Waals surface area contributed by atoms with Crippen LogP contribution in [0.15, 0.2) is 36.9 Å². The minimum absolute atomic E-state index is 0.101. The van der Waals surface area contributed by atoms with Gasteiger partial charge < -0.3 is 15.0 Å². The highest BCUT2D eigenvalue weighted by Crippen LogP contribution is 2.30. The van der Waals surface area contributed by atoms with Crippen molar-refractivity contribution in [3.05, 3.63) is 42.5 Å². The number of ether oxygens (including phenoxy) is 1. The zero-order chi connectivity index (χ0) is 18.4. The number of methoxy groups -OCH3 is 1. The highest BCUT2D eigenvalue weighted by atomic mass is 16.5. The van der Waals surface area contributed by atoms with E-state index in [0.29, 0.717) is 44.6 Å². The summed E-state index contributed by atoms with van der Waals surface area (Å²) in [6, 6.07) is 3.44. The monoisotopic (exact) mass is 358 g/mol. The van der Waals surface area contributed by atoms with Crippen LogP contribution in [0.1, 0.15) is 23.2 Å². The molecule has 1 N–H and O–H groups in total. The van der Waals surface area contributed by atoms with Crippen LogP contribution in [0.5, 0.6) is 0 Å². The first-order valence-corrected chi connectivity index (χ1v) is 8.51. The molecule has 26 heavy (non-hydrogen) atoms. The highest BCUT2D eigenvalue weighted by Gasteiger charge is 2.44. The van der Waals surface area contributed by atoms with Gasteiger partial charge in [0.2, 0.25) is 5.91 Å². The van der Waals surface area contributed by atoms with E-state index < -0.39 is 5.54 Å². The first-order chi connectivity index (χ1) is 12.7. The Bertz CT molecular complexity index is 726. The Morgan fingerprint density at radius 3 is 2.69 bits per heavy atom. The molecule has 1 saturated heterocycles. The lowest BCUT2D eigenvalue weighted by Gasteiger charge is -2.40. The molecule has 3 rings (SSSR count). The molecule has 9 nitrogen and oxygen atoms in total. The molecule has 1 fully saturated rings. The number of aromatic nitrogens is 4. The summed E-state index contributed by atoms with van der Waals surface area (Å²) in [4.78, 5) is 27.2. The van der Waals surface area contributed by atoms with Crippen molar-refractivity contribution in [2.75, 3.05) is 33.4 Å². The van der Waals surface area contributed by atoms with Crippen molar-refractivity contribution >= 4 is 11.8 Å². The van der Waals surface area contributed by atoms with E-state index in [-0.39, 0.29) is 11.8 Å². The molecular weight excluding hydrogens is 336 g/mol. The maximum Gasteiger partial charge on any atom is 0.255 e. The minimum Gasteiger partial charge on any atom is -0.383 e. The fraction of sp³-hybridized carbons (Fsp3) is 0.471. The molecule has 0 spiro atoms. The molecule has 9 heteroatoms. The predicted octanol–water partition coefficient (Wildman–Crippen LogP) is 0.0672. The second kappa shape index (κ2) is 8.05. The summed E-state index contributed by atoms with van der Waals surface area (Å²) in [7, 11) is 1.59. The maximum atomic E-state index is 12.9. The normalized spacial score (nSPS) is 16.3. The second-order valence-corrected chi connectivity index (χ2v) is 6.15. The van der Waals surface area contributed by atoms with Gasteiger partial charge in [0.1, 0.15) is 5.54 Å². The Hall–Kier alpha value is -2.81. The first kappa shape index (κ1) is 18.0. The van der Waals surface area contributed by atoms with E-state index in [4.69, 9.17) is 4.74 Å². The zero-order valence-electron chi connectivity index (χ0n) is 14.7. The van der Waals surface area contributed by atoms with Crippen molar-refractivity contribution < 1.29 is 14.3 Å². The van der Waals surface area contributed by atoms with Gasteiger partial charge in [-0.1, -0.05) is 0 Å². The van der Waals surface area contributed by atoms with Crippen LogP contribution in [0.3, 0.4) is 0 Å². The van der Waals surface area contributed by atoms with Crippen molar-refractivity contribution in [1.29, 1.82) is 0 Å². The molecule has 0 aromatic carbocycles. The molecule has 1 aliphatic heterocycles. The van der Waals surface area contributed by atoms with Gasteiger partial charge in [-0.2, -0.15) is 15.3 Å². The summed E-state index contributed by atoms with van der Waals surface area (Å²) in [6.07, 6.45) is 7.36. The average Bonchev–Trinajstić information content (AvgIpc) is 3.23. The summed E-state index contributed by atoms with van der Waals surface area (Å²) in [5.74, 6) is -0.204. The van der Waals surface area contributed by atoms with Crippen molar-refractivity contribution in [2.45, 2.75) is 18.4 Å². The van der Waals surface area contributed by atoms with Gasteiger partial charge in [0.05, 0.1) is 24.6 Å². The van der Waals surface area contributed by atoms with Crippen LogP contribution in [0, 0.1) is 0 Å². The molecule has 2 amide bonds. The lowest BCUT2D eigenvalue weighted by Crippen LogP contribution is -2.56. The molecular formula is C17H22N6O3. The Morgan fingerprint density at radius 1 is 1.27 bits per heavy atom. The molecule has 0 atom stereocenters. The van der Waals surface area contributed by atoms with Gasteiger partial charge in [0.15, 0.2) is 0 Å². The van der Waals surface area contributed by atoms with E-state index in [1.165, 1.54) is 12.4 Å². The lowest BCUT2D eigenvalue weighted by molar-refractivity contribution is -0.133. The molecule has 0 radical (unpaired) electrons. The number of carbonyl (C=O) groups is 2. The summed E-state index contributed by atoms with van der Waals surface area (Å²) >= 11 is 0. The first-order valence-electron chi connectivity index (χ1n) is 8.51. The van der Waals surface area contributed by atoms with E-state index >= 15 is 0 Å². The highest BCUT2D eigenvalue weighted by molar-refractivity contribution is 5.94. The number of nitrogens with zero attached hydrogens (tertiary/aromatic N) is 5. The number of piperidine rings is 1. The number of rotatable bonds is 6. The Morgan fingerprint density at radius 2 is 2.08 bits per heavy atom. The molecule has 2 aromatic heterocycles. The van der Waals surface area contributed by atoms with Crippen LogP contribution in [0.25, 0.3) is 0 Å². The van der Waals surface area contributed by atoms with Gasteiger partial charge in [-0.05, 0) is 25.0 Å². The third-order valence-corrected chi connectivity index (χ3v) is 4.67. The summed E-state index contributed by atoms with van der Waals surface area (Å²) in [5.41, 5.74) is -0.305. The van der Waals surface area contributed by atoms with Crippen LogP contribution >= 0.6 is 0 Å². The second-order valence-electron chi connectivity index (χ2n) is 6.15. The fourth-order valence-electron chi connectivity index (χ4n) is 3.19. The number of hydrogen-bond donors (Lipinski definition) is 1.